The summed E-state index contributed by atoms with van der Waals surface area (Å²) in [6.45, 7) is 0.253. The Bertz CT molecular complexity index is 215. The number of aliphatic hydroxyl groups is 2. The van der Waals surface area contributed by atoms with Crippen LogP contribution in [0.3, 0.4) is 0 Å². The quantitative estimate of drug-likeness (QED) is 0.686. The fourth-order valence-corrected chi connectivity index (χ4v) is 4.17. The third-order valence-electron chi connectivity index (χ3n) is 4.32. The van der Waals surface area contributed by atoms with E-state index in [2.05, 4.69) is 0 Å². The summed E-state index contributed by atoms with van der Waals surface area (Å²) in [7, 11) is 0. The molecule has 2 aliphatic heterocycles. The lowest BCUT2D eigenvalue weighted by molar-refractivity contribution is -0.292. The molecule has 4 bridgehead atoms. The topological polar surface area (TPSA) is 49.7 Å². The molecule has 2 saturated carbocycles. The molecule has 3 nitrogen and oxygen atoms in total. The summed E-state index contributed by atoms with van der Waals surface area (Å²) in [5.74, 6) is 1.35. The zero-order valence-corrected chi connectivity index (χ0v) is 8.41. The van der Waals surface area contributed by atoms with Crippen LogP contribution in [-0.2, 0) is 4.74 Å². The third-order valence-corrected chi connectivity index (χ3v) is 4.32. The number of rotatable bonds is 2. The van der Waals surface area contributed by atoms with Gasteiger partial charge in [-0.15, -0.1) is 0 Å². The summed E-state index contributed by atoms with van der Waals surface area (Å²) in [5, 5.41) is 18.9. The van der Waals surface area contributed by atoms with Gasteiger partial charge in [0.25, 0.3) is 0 Å². The lowest BCUT2D eigenvalue weighted by Crippen LogP contribution is -2.63. The van der Waals surface area contributed by atoms with Gasteiger partial charge in [-0.3, -0.25) is 0 Å². The first-order chi connectivity index (χ1) is 6.69. The SMILES string of the molecule is OCC12CC3CC(C1)CC(CO)(C3)O2. The van der Waals surface area contributed by atoms with Crippen molar-refractivity contribution in [2.45, 2.75) is 43.3 Å². The minimum absolute atomic E-state index is 0.127. The lowest BCUT2D eigenvalue weighted by atomic mass is 9.58. The Morgan fingerprint density at radius 1 is 0.929 bits per heavy atom. The van der Waals surface area contributed by atoms with E-state index in [1.165, 1.54) is 6.42 Å². The van der Waals surface area contributed by atoms with Gasteiger partial charge in [-0.05, 0) is 43.9 Å². The van der Waals surface area contributed by atoms with E-state index in [0.717, 1.165) is 25.7 Å². The van der Waals surface area contributed by atoms with E-state index in [0.29, 0.717) is 11.8 Å². The number of hydrogen-bond donors (Lipinski definition) is 2. The molecule has 2 saturated heterocycles. The van der Waals surface area contributed by atoms with Crippen molar-refractivity contribution in [3.8, 4) is 0 Å². The van der Waals surface area contributed by atoms with Gasteiger partial charge in [0.1, 0.15) is 0 Å². The van der Waals surface area contributed by atoms with Gasteiger partial charge < -0.3 is 14.9 Å². The molecule has 0 atom stereocenters. The second kappa shape index (κ2) is 2.71. The second-order valence-electron chi connectivity index (χ2n) is 5.57. The zero-order chi connectivity index (χ0) is 9.81. The van der Waals surface area contributed by atoms with Crippen LogP contribution in [0.4, 0.5) is 0 Å². The summed E-state index contributed by atoms with van der Waals surface area (Å²) < 4.78 is 6.00. The molecule has 4 rings (SSSR count). The van der Waals surface area contributed by atoms with E-state index in [9.17, 15) is 10.2 Å². The number of aliphatic hydroxyl groups excluding tert-OH is 2. The van der Waals surface area contributed by atoms with Crippen molar-refractivity contribution in [2.75, 3.05) is 13.2 Å². The average molecular weight is 198 g/mol. The molecule has 4 fully saturated rings. The smallest absolute Gasteiger partial charge is 0.0926 e. The summed E-state index contributed by atoms with van der Waals surface area (Å²) in [6.07, 6.45) is 5.29. The molecule has 2 N–H and O–H groups in total. The van der Waals surface area contributed by atoms with Crippen LogP contribution in [0.1, 0.15) is 32.1 Å². The standard InChI is InChI=1S/C11H18O3/c12-6-10-2-8-1-9(4-10)5-11(3-8,7-13)14-10/h8-9,12-13H,1-7H2. The highest BCUT2D eigenvalue weighted by molar-refractivity contribution is 5.07. The van der Waals surface area contributed by atoms with Gasteiger partial charge in [-0.2, -0.15) is 0 Å². The van der Waals surface area contributed by atoms with Crippen LogP contribution in [0.25, 0.3) is 0 Å². The monoisotopic (exact) mass is 198 g/mol. The summed E-state index contributed by atoms with van der Waals surface area (Å²) in [4.78, 5) is 0. The van der Waals surface area contributed by atoms with Crippen molar-refractivity contribution in [1.82, 2.24) is 0 Å². The molecule has 4 aliphatic rings. The Morgan fingerprint density at radius 2 is 1.36 bits per heavy atom. The van der Waals surface area contributed by atoms with Gasteiger partial charge in [-0.25, -0.2) is 0 Å². The molecular formula is C11H18O3. The van der Waals surface area contributed by atoms with E-state index in [4.69, 9.17) is 4.74 Å². The number of hydrogen-bond acceptors (Lipinski definition) is 3. The zero-order valence-electron chi connectivity index (χ0n) is 8.41. The van der Waals surface area contributed by atoms with Crippen LogP contribution in [0.5, 0.6) is 0 Å². The fourth-order valence-electron chi connectivity index (χ4n) is 4.17. The molecule has 0 radical (unpaired) electrons. The first kappa shape index (κ1) is 9.13. The minimum Gasteiger partial charge on any atom is -0.393 e. The maximum absolute atomic E-state index is 9.43. The molecule has 0 aromatic heterocycles. The first-order valence-corrected chi connectivity index (χ1v) is 5.61. The van der Waals surface area contributed by atoms with Crippen LogP contribution < -0.4 is 0 Å². The Labute approximate surface area is 84.1 Å². The van der Waals surface area contributed by atoms with Crippen molar-refractivity contribution in [1.29, 1.82) is 0 Å². The molecule has 80 valence electrons. The minimum atomic E-state index is -0.299. The summed E-state index contributed by atoms with van der Waals surface area (Å²) in [5.41, 5.74) is -0.598. The second-order valence-corrected chi connectivity index (χ2v) is 5.57. The Morgan fingerprint density at radius 3 is 1.71 bits per heavy atom. The normalized spacial score (nSPS) is 55.3. The average Bonchev–Trinajstić information content (AvgIpc) is 2.16. The maximum Gasteiger partial charge on any atom is 0.0926 e. The molecule has 2 heterocycles. The van der Waals surface area contributed by atoms with Gasteiger partial charge in [-0.1, -0.05) is 0 Å². The van der Waals surface area contributed by atoms with Gasteiger partial charge in [0.2, 0.25) is 0 Å². The molecule has 0 unspecified atom stereocenters. The molecule has 0 spiro atoms. The summed E-state index contributed by atoms with van der Waals surface area (Å²) in [6, 6.07) is 0. The van der Waals surface area contributed by atoms with Crippen molar-refractivity contribution in [3.05, 3.63) is 0 Å². The fraction of sp³-hybridized carbons (Fsp3) is 1.00. The van der Waals surface area contributed by atoms with E-state index in [1.54, 1.807) is 0 Å². The van der Waals surface area contributed by atoms with Gasteiger partial charge in [0.15, 0.2) is 0 Å². The molecule has 0 aromatic carbocycles. The Hall–Kier alpha value is -0.120. The van der Waals surface area contributed by atoms with Crippen molar-refractivity contribution < 1.29 is 14.9 Å². The van der Waals surface area contributed by atoms with E-state index in [-0.39, 0.29) is 24.4 Å². The molecule has 3 heteroatoms. The molecule has 14 heavy (non-hydrogen) atoms. The highest BCUT2D eigenvalue weighted by atomic mass is 16.5. The van der Waals surface area contributed by atoms with Gasteiger partial charge in [0.05, 0.1) is 24.4 Å². The van der Waals surface area contributed by atoms with E-state index < -0.39 is 0 Å². The Balaban J connectivity index is 1.94. The predicted octanol–water partition coefficient (Wildman–Crippen LogP) is 0.689. The molecule has 0 amide bonds. The van der Waals surface area contributed by atoms with Crippen LogP contribution in [0.15, 0.2) is 0 Å². The van der Waals surface area contributed by atoms with Crippen LogP contribution in [0, 0.1) is 11.8 Å². The molecule has 2 aliphatic carbocycles. The largest absolute Gasteiger partial charge is 0.393 e. The maximum atomic E-state index is 9.43. The molecular weight excluding hydrogens is 180 g/mol. The summed E-state index contributed by atoms with van der Waals surface area (Å²) >= 11 is 0. The number of ether oxygens (including phenoxy) is 1. The van der Waals surface area contributed by atoms with Crippen molar-refractivity contribution in [3.63, 3.8) is 0 Å². The van der Waals surface area contributed by atoms with Crippen LogP contribution in [0.2, 0.25) is 0 Å². The van der Waals surface area contributed by atoms with Crippen molar-refractivity contribution >= 4 is 0 Å². The van der Waals surface area contributed by atoms with Gasteiger partial charge in [0, 0.05) is 0 Å². The lowest BCUT2D eigenvalue weighted by Gasteiger charge is -2.61. The van der Waals surface area contributed by atoms with E-state index >= 15 is 0 Å². The van der Waals surface area contributed by atoms with E-state index in [1.807, 2.05) is 0 Å². The van der Waals surface area contributed by atoms with Crippen molar-refractivity contribution in [2.24, 2.45) is 11.8 Å². The molecule has 0 aromatic rings. The highest BCUT2D eigenvalue weighted by Crippen LogP contribution is 2.57. The van der Waals surface area contributed by atoms with Crippen LogP contribution >= 0.6 is 0 Å². The first-order valence-electron chi connectivity index (χ1n) is 5.61. The Kier molecular flexibility index (Phi) is 1.77. The highest BCUT2D eigenvalue weighted by Gasteiger charge is 2.58. The van der Waals surface area contributed by atoms with Crippen LogP contribution in [-0.4, -0.2) is 34.6 Å². The van der Waals surface area contributed by atoms with Gasteiger partial charge >= 0.3 is 0 Å². The third kappa shape index (κ3) is 1.09. The predicted molar refractivity (Wildman–Crippen MR) is 50.8 cm³/mol.